The van der Waals surface area contributed by atoms with E-state index < -0.39 is 46.0 Å². The summed E-state index contributed by atoms with van der Waals surface area (Å²) in [6.45, 7) is 1.87. The van der Waals surface area contributed by atoms with Crippen LogP contribution in [0.15, 0.2) is 0 Å². The van der Waals surface area contributed by atoms with Crippen molar-refractivity contribution in [1.29, 1.82) is 0 Å². The van der Waals surface area contributed by atoms with Gasteiger partial charge in [-0.1, -0.05) is 6.92 Å². The van der Waals surface area contributed by atoms with Crippen LogP contribution in [-0.2, 0) is 29.2 Å². The van der Waals surface area contributed by atoms with Crippen molar-refractivity contribution in [2.45, 2.75) is 62.7 Å². The molecule has 3 unspecified atom stereocenters. The molecule has 0 amide bonds. The van der Waals surface area contributed by atoms with Crippen molar-refractivity contribution in [3.05, 3.63) is 0 Å². The Morgan fingerprint density at radius 2 is 1.85 bits per heavy atom. The molecule has 1 N–H and O–H groups in total. The second-order valence-electron chi connectivity index (χ2n) is 6.58. The molecule has 27 heavy (non-hydrogen) atoms. The number of esters is 1. The third-order valence-electron chi connectivity index (χ3n) is 4.53. The van der Waals surface area contributed by atoms with Crippen molar-refractivity contribution in [3.63, 3.8) is 0 Å². The van der Waals surface area contributed by atoms with E-state index in [1.807, 2.05) is 6.92 Å². The lowest BCUT2D eigenvalue weighted by atomic mass is 9.80. The monoisotopic (exact) mass is 422 g/mol. The number of ether oxygens (including phenoxy) is 2. The SMILES string of the molecule is CC1CC(C(=O)OCCCCC(F)(F)C(F)(F)S(=O)(=O)O)CCC1OC=O. The van der Waals surface area contributed by atoms with E-state index in [1.54, 1.807) is 0 Å². The molecule has 0 radical (unpaired) electrons. The molecule has 0 bridgehead atoms. The summed E-state index contributed by atoms with van der Waals surface area (Å²) in [5.74, 6) is -5.99. The molecule has 3 atom stereocenters. The van der Waals surface area contributed by atoms with E-state index in [4.69, 9.17) is 14.0 Å². The van der Waals surface area contributed by atoms with E-state index in [1.165, 1.54) is 0 Å². The number of carbonyl (C=O) groups excluding carboxylic acids is 2. The van der Waals surface area contributed by atoms with Gasteiger partial charge in [0.15, 0.2) is 0 Å². The third-order valence-corrected chi connectivity index (χ3v) is 5.48. The molecule has 0 saturated heterocycles. The van der Waals surface area contributed by atoms with E-state index in [0.717, 1.165) is 0 Å². The highest BCUT2D eigenvalue weighted by Crippen LogP contribution is 2.41. The predicted octanol–water partition coefficient (Wildman–Crippen LogP) is 2.79. The largest absolute Gasteiger partial charge is 0.465 e. The lowest BCUT2D eigenvalue weighted by molar-refractivity contribution is -0.165. The summed E-state index contributed by atoms with van der Waals surface area (Å²) in [6.07, 6.45) is -1.16. The van der Waals surface area contributed by atoms with Crippen molar-refractivity contribution >= 4 is 22.6 Å². The lowest BCUT2D eigenvalue weighted by Gasteiger charge is -2.31. The fraction of sp³-hybridized carbons (Fsp3) is 0.867. The summed E-state index contributed by atoms with van der Waals surface area (Å²) < 4.78 is 91.4. The first kappa shape index (κ1) is 23.6. The van der Waals surface area contributed by atoms with Gasteiger partial charge < -0.3 is 9.47 Å². The van der Waals surface area contributed by atoms with Gasteiger partial charge >= 0.3 is 27.3 Å². The topological polar surface area (TPSA) is 107 Å². The first-order valence-corrected chi connectivity index (χ1v) is 9.76. The zero-order valence-electron chi connectivity index (χ0n) is 14.6. The third kappa shape index (κ3) is 6.03. The minimum Gasteiger partial charge on any atom is -0.465 e. The van der Waals surface area contributed by atoms with Gasteiger partial charge in [0.05, 0.1) is 12.5 Å². The number of carbonyl (C=O) groups is 2. The summed E-state index contributed by atoms with van der Waals surface area (Å²) >= 11 is 0. The molecule has 0 aromatic rings. The molecular weight excluding hydrogens is 400 g/mol. The van der Waals surface area contributed by atoms with Crippen LogP contribution < -0.4 is 0 Å². The molecule has 1 aliphatic rings. The number of hydrogen-bond donors (Lipinski definition) is 1. The van der Waals surface area contributed by atoms with Crippen LogP contribution in [0.25, 0.3) is 0 Å². The van der Waals surface area contributed by atoms with Crippen LogP contribution in [0, 0.1) is 11.8 Å². The van der Waals surface area contributed by atoms with Crippen molar-refractivity contribution in [2.75, 3.05) is 6.61 Å². The summed E-state index contributed by atoms with van der Waals surface area (Å²) in [4.78, 5) is 22.3. The number of halogens is 4. The minimum absolute atomic E-state index is 0.0529. The van der Waals surface area contributed by atoms with Crippen molar-refractivity contribution in [2.24, 2.45) is 11.8 Å². The second-order valence-corrected chi connectivity index (χ2v) is 8.04. The molecule has 0 aromatic carbocycles. The molecule has 0 heterocycles. The van der Waals surface area contributed by atoms with E-state index in [0.29, 0.717) is 25.7 Å². The molecule has 0 aliphatic heterocycles. The van der Waals surface area contributed by atoms with Gasteiger partial charge in [-0.05, 0) is 38.0 Å². The van der Waals surface area contributed by atoms with Crippen LogP contribution in [0.5, 0.6) is 0 Å². The molecule has 0 aromatic heterocycles. The molecular formula is C15H22F4O7S. The molecule has 1 rings (SSSR count). The van der Waals surface area contributed by atoms with Crippen LogP contribution in [0.3, 0.4) is 0 Å². The summed E-state index contributed by atoms with van der Waals surface area (Å²) in [6, 6.07) is 0. The Kier molecular flexibility index (Phi) is 8.02. The number of rotatable bonds is 10. The predicted molar refractivity (Wildman–Crippen MR) is 83.7 cm³/mol. The Labute approximate surface area is 154 Å². The average molecular weight is 422 g/mol. The Morgan fingerprint density at radius 3 is 2.37 bits per heavy atom. The normalized spacial score (nSPS) is 24.3. The summed E-state index contributed by atoms with van der Waals surface area (Å²) in [5, 5.41) is -5.59. The highest BCUT2D eigenvalue weighted by molar-refractivity contribution is 7.87. The van der Waals surface area contributed by atoms with E-state index in [9.17, 15) is 35.6 Å². The minimum atomic E-state index is -6.25. The maximum absolute atomic E-state index is 13.3. The van der Waals surface area contributed by atoms with Crippen LogP contribution in [0.4, 0.5) is 17.6 Å². The molecule has 0 spiro atoms. The number of alkyl halides is 4. The van der Waals surface area contributed by atoms with Crippen LogP contribution in [0.1, 0.15) is 45.4 Å². The first-order valence-electron chi connectivity index (χ1n) is 8.32. The number of hydrogen-bond acceptors (Lipinski definition) is 6. The molecule has 1 aliphatic carbocycles. The zero-order valence-corrected chi connectivity index (χ0v) is 15.4. The van der Waals surface area contributed by atoms with Gasteiger partial charge in [-0.2, -0.15) is 26.0 Å². The quantitative estimate of drug-likeness (QED) is 0.190. The maximum atomic E-state index is 13.3. The molecule has 158 valence electrons. The van der Waals surface area contributed by atoms with Crippen molar-refractivity contribution in [1.82, 2.24) is 0 Å². The zero-order chi connectivity index (χ0) is 20.9. The van der Waals surface area contributed by atoms with Crippen molar-refractivity contribution < 1.29 is 49.6 Å². The van der Waals surface area contributed by atoms with Gasteiger partial charge in [-0.3, -0.25) is 14.1 Å². The van der Waals surface area contributed by atoms with Crippen molar-refractivity contribution in [3.8, 4) is 0 Å². The standard InChI is InChI=1S/C15H22F4O7S/c1-10-8-11(4-5-12(10)26-9-20)13(21)25-7-3-2-6-14(16,17)15(18,19)27(22,23)24/h9-12H,2-8H2,1H3,(H,22,23,24). The highest BCUT2D eigenvalue weighted by atomic mass is 32.2. The van der Waals surface area contributed by atoms with Crippen LogP contribution in [0.2, 0.25) is 0 Å². The van der Waals surface area contributed by atoms with Gasteiger partial charge in [-0.25, -0.2) is 0 Å². The van der Waals surface area contributed by atoms with Gasteiger partial charge in [0.1, 0.15) is 6.10 Å². The van der Waals surface area contributed by atoms with E-state index >= 15 is 0 Å². The Hall–Kier alpha value is -1.43. The Balaban J connectivity index is 2.36. The maximum Gasteiger partial charge on any atom is 0.431 e. The van der Waals surface area contributed by atoms with Gasteiger partial charge in [0.25, 0.3) is 6.47 Å². The van der Waals surface area contributed by atoms with E-state index in [-0.39, 0.29) is 25.0 Å². The van der Waals surface area contributed by atoms with E-state index in [2.05, 4.69) is 0 Å². The smallest absolute Gasteiger partial charge is 0.431 e. The molecule has 7 nitrogen and oxygen atoms in total. The molecule has 1 saturated carbocycles. The van der Waals surface area contributed by atoms with Gasteiger partial charge in [-0.15, -0.1) is 0 Å². The fourth-order valence-corrected chi connectivity index (χ4v) is 3.41. The highest BCUT2D eigenvalue weighted by Gasteiger charge is 2.64. The second kappa shape index (κ2) is 9.18. The molecule has 1 fully saturated rings. The van der Waals surface area contributed by atoms with Gasteiger partial charge in [0, 0.05) is 6.42 Å². The fourth-order valence-electron chi connectivity index (χ4n) is 2.93. The first-order chi connectivity index (χ1) is 12.3. The van der Waals surface area contributed by atoms with Crippen LogP contribution in [-0.4, -0.2) is 49.3 Å². The lowest BCUT2D eigenvalue weighted by Crippen LogP contribution is -2.46. The van der Waals surface area contributed by atoms with Crippen LogP contribution >= 0.6 is 0 Å². The Bertz CT molecular complexity index is 624. The summed E-state index contributed by atoms with van der Waals surface area (Å²) in [7, 11) is -6.25. The molecule has 12 heteroatoms. The Morgan fingerprint density at radius 1 is 1.22 bits per heavy atom. The average Bonchev–Trinajstić information content (AvgIpc) is 2.55. The van der Waals surface area contributed by atoms with Gasteiger partial charge in [0.2, 0.25) is 0 Å². The number of unbranched alkanes of at least 4 members (excludes halogenated alkanes) is 1. The summed E-state index contributed by atoms with van der Waals surface area (Å²) in [5.41, 5.74) is 0.